The standard InChI is InChI=1S/C19H27N3O3/c1-25-16-7-5-6-15(14-16)17(23)21-12-8-19(9-13-21,18(20)24)22-10-3-2-4-11-22/h5-7,14H,2-4,8-13H2,1H3,(H2,20,24). The molecule has 2 heterocycles. The zero-order chi connectivity index (χ0) is 17.9. The number of piperidine rings is 2. The summed E-state index contributed by atoms with van der Waals surface area (Å²) in [5.74, 6) is 0.404. The van der Waals surface area contributed by atoms with Gasteiger partial charge < -0.3 is 15.4 Å². The third kappa shape index (κ3) is 3.49. The minimum absolute atomic E-state index is 0.0179. The van der Waals surface area contributed by atoms with Gasteiger partial charge in [0, 0.05) is 18.7 Å². The van der Waals surface area contributed by atoms with Gasteiger partial charge >= 0.3 is 0 Å². The van der Waals surface area contributed by atoms with Crippen LogP contribution in [0.4, 0.5) is 0 Å². The van der Waals surface area contributed by atoms with E-state index in [9.17, 15) is 9.59 Å². The summed E-state index contributed by atoms with van der Waals surface area (Å²) >= 11 is 0. The van der Waals surface area contributed by atoms with Crippen molar-refractivity contribution in [1.82, 2.24) is 9.80 Å². The molecule has 2 aliphatic heterocycles. The van der Waals surface area contributed by atoms with Crippen LogP contribution in [0.1, 0.15) is 42.5 Å². The number of benzene rings is 1. The zero-order valence-corrected chi connectivity index (χ0v) is 14.9. The second-order valence-electron chi connectivity index (χ2n) is 6.97. The third-order valence-electron chi connectivity index (χ3n) is 5.61. The Morgan fingerprint density at radius 1 is 1.08 bits per heavy atom. The molecule has 1 aromatic carbocycles. The number of rotatable bonds is 4. The number of nitrogens with zero attached hydrogens (tertiary/aromatic N) is 2. The minimum atomic E-state index is -0.592. The van der Waals surface area contributed by atoms with Crippen molar-refractivity contribution in [3.63, 3.8) is 0 Å². The Hall–Kier alpha value is -2.08. The second kappa shape index (κ2) is 7.44. The number of hydrogen-bond donors (Lipinski definition) is 1. The van der Waals surface area contributed by atoms with Crippen LogP contribution in [0.15, 0.2) is 24.3 Å². The number of carbonyl (C=O) groups is 2. The summed E-state index contributed by atoms with van der Waals surface area (Å²) in [4.78, 5) is 29.1. The predicted octanol–water partition coefficient (Wildman–Crippen LogP) is 1.64. The number of methoxy groups -OCH3 is 1. The van der Waals surface area contributed by atoms with Crippen LogP contribution in [0.3, 0.4) is 0 Å². The fraction of sp³-hybridized carbons (Fsp3) is 0.579. The van der Waals surface area contributed by atoms with E-state index >= 15 is 0 Å². The fourth-order valence-electron chi connectivity index (χ4n) is 4.06. The van der Waals surface area contributed by atoms with Gasteiger partial charge in [0.1, 0.15) is 11.3 Å². The fourth-order valence-corrected chi connectivity index (χ4v) is 4.06. The van der Waals surface area contributed by atoms with Crippen LogP contribution in [0, 0.1) is 0 Å². The molecule has 0 atom stereocenters. The van der Waals surface area contributed by atoms with Gasteiger partial charge in [-0.2, -0.15) is 0 Å². The first-order valence-corrected chi connectivity index (χ1v) is 9.05. The molecule has 2 amide bonds. The quantitative estimate of drug-likeness (QED) is 0.900. The summed E-state index contributed by atoms with van der Waals surface area (Å²) in [6.07, 6.45) is 4.66. The van der Waals surface area contributed by atoms with Crippen molar-refractivity contribution in [3.05, 3.63) is 29.8 Å². The number of amides is 2. The van der Waals surface area contributed by atoms with E-state index in [0.717, 1.165) is 25.9 Å². The molecule has 0 radical (unpaired) electrons. The van der Waals surface area contributed by atoms with Crippen molar-refractivity contribution in [2.75, 3.05) is 33.3 Å². The second-order valence-corrected chi connectivity index (χ2v) is 6.97. The Morgan fingerprint density at radius 2 is 1.76 bits per heavy atom. The zero-order valence-electron chi connectivity index (χ0n) is 14.9. The van der Waals surface area contributed by atoms with Crippen LogP contribution in [-0.2, 0) is 4.79 Å². The average Bonchev–Trinajstić information content (AvgIpc) is 2.68. The summed E-state index contributed by atoms with van der Waals surface area (Å²) in [5.41, 5.74) is 5.83. The number of ether oxygens (including phenoxy) is 1. The van der Waals surface area contributed by atoms with Crippen molar-refractivity contribution >= 4 is 11.8 Å². The maximum atomic E-state index is 12.8. The highest BCUT2D eigenvalue weighted by atomic mass is 16.5. The van der Waals surface area contributed by atoms with E-state index in [1.54, 1.807) is 19.2 Å². The summed E-state index contributed by atoms with van der Waals surface area (Å²) in [6.45, 7) is 2.95. The predicted molar refractivity (Wildman–Crippen MR) is 95.5 cm³/mol. The Kier molecular flexibility index (Phi) is 5.27. The lowest BCUT2D eigenvalue weighted by Gasteiger charge is -2.48. The van der Waals surface area contributed by atoms with E-state index in [4.69, 9.17) is 10.5 Å². The average molecular weight is 345 g/mol. The summed E-state index contributed by atoms with van der Waals surface area (Å²) in [5, 5.41) is 0. The van der Waals surface area contributed by atoms with Gasteiger partial charge in [-0.15, -0.1) is 0 Å². The molecule has 0 unspecified atom stereocenters. The maximum Gasteiger partial charge on any atom is 0.253 e. The van der Waals surface area contributed by atoms with Gasteiger partial charge in [-0.3, -0.25) is 14.5 Å². The number of likely N-dealkylation sites (tertiary alicyclic amines) is 2. The van der Waals surface area contributed by atoms with E-state index in [-0.39, 0.29) is 11.8 Å². The largest absolute Gasteiger partial charge is 0.497 e. The van der Waals surface area contributed by atoms with Gasteiger partial charge in [0.2, 0.25) is 5.91 Å². The Bertz CT molecular complexity index is 633. The van der Waals surface area contributed by atoms with Crippen LogP contribution in [-0.4, -0.2) is 60.4 Å². The molecule has 136 valence electrons. The highest BCUT2D eigenvalue weighted by molar-refractivity contribution is 5.95. The van der Waals surface area contributed by atoms with Crippen molar-refractivity contribution < 1.29 is 14.3 Å². The molecular formula is C19H27N3O3. The Morgan fingerprint density at radius 3 is 2.36 bits per heavy atom. The molecule has 2 saturated heterocycles. The summed E-state index contributed by atoms with van der Waals surface area (Å²) in [7, 11) is 1.59. The third-order valence-corrected chi connectivity index (χ3v) is 5.61. The van der Waals surface area contributed by atoms with Crippen LogP contribution < -0.4 is 10.5 Å². The highest BCUT2D eigenvalue weighted by Crippen LogP contribution is 2.32. The number of carbonyl (C=O) groups excluding carboxylic acids is 2. The first-order valence-electron chi connectivity index (χ1n) is 9.05. The topological polar surface area (TPSA) is 75.9 Å². The van der Waals surface area contributed by atoms with E-state index in [0.29, 0.717) is 37.2 Å². The molecule has 6 nitrogen and oxygen atoms in total. The molecule has 0 aromatic heterocycles. The molecule has 6 heteroatoms. The molecule has 0 aliphatic carbocycles. The van der Waals surface area contributed by atoms with Crippen LogP contribution in [0.2, 0.25) is 0 Å². The molecular weight excluding hydrogens is 318 g/mol. The smallest absolute Gasteiger partial charge is 0.253 e. The first-order chi connectivity index (χ1) is 12.1. The van der Waals surface area contributed by atoms with Gasteiger partial charge in [-0.05, 0) is 57.0 Å². The van der Waals surface area contributed by atoms with Crippen molar-refractivity contribution in [2.24, 2.45) is 5.73 Å². The molecule has 1 aromatic rings. The van der Waals surface area contributed by atoms with E-state index in [2.05, 4.69) is 4.90 Å². The SMILES string of the molecule is COc1cccc(C(=O)N2CCC(C(N)=O)(N3CCCCC3)CC2)c1. The van der Waals surface area contributed by atoms with Gasteiger partial charge in [0.05, 0.1) is 7.11 Å². The van der Waals surface area contributed by atoms with Crippen LogP contribution in [0.25, 0.3) is 0 Å². The molecule has 25 heavy (non-hydrogen) atoms. The molecule has 2 aliphatic rings. The van der Waals surface area contributed by atoms with E-state index < -0.39 is 5.54 Å². The monoisotopic (exact) mass is 345 g/mol. The molecule has 0 saturated carbocycles. The van der Waals surface area contributed by atoms with E-state index in [1.807, 2.05) is 17.0 Å². The van der Waals surface area contributed by atoms with Gasteiger partial charge in [-0.25, -0.2) is 0 Å². The lowest BCUT2D eigenvalue weighted by molar-refractivity contribution is -0.134. The number of primary amides is 1. The Labute approximate surface area is 148 Å². The normalized spacial score (nSPS) is 20.9. The van der Waals surface area contributed by atoms with Gasteiger partial charge in [-0.1, -0.05) is 12.5 Å². The van der Waals surface area contributed by atoms with Crippen molar-refractivity contribution in [1.29, 1.82) is 0 Å². The lowest BCUT2D eigenvalue weighted by atomic mass is 9.83. The van der Waals surface area contributed by atoms with Gasteiger partial charge in [0.15, 0.2) is 0 Å². The minimum Gasteiger partial charge on any atom is -0.497 e. The Balaban J connectivity index is 1.70. The number of nitrogens with two attached hydrogens (primary N) is 1. The lowest BCUT2D eigenvalue weighted by Crippen LogP contribution is -2.63. The van der Waals surface area contributed by atoms with Crippen molar-refractivity contribution in [2.45, 2.75) is 37.6 Å². The molecule has 2 fully saturated rings. The molecule has 2 N–H and O–H groups in total. The van der Waals surface area contributed by atoms with Crippen molar-refractivity contribution in [3.8, 4) is 5.75 Å². The van der Waals surface area contributed by atoms with Crippen LogP contribution in [0.5, 0.6) is 5.75 Å². The summed E-state index contributed by atoms with van der Waals surface area (Å²) in [6, 6.07) is 7.19. The first kappa shape index (κ1) is 17.7. The van der Waals surface area contributed by atoms with Gasteiger partial charge in [0.25, 0.3) is 5.91 Å². The highest BCUT2D eigenvalue weighted by Gasteiger charge is 2.45. The molecule has 0 bridgehead atoms. The summed E-state index contributed by atoms with van der Waals surface area (Å²) < 4.78 is 5.20. The maximum absolute atomic E-state index is 12.8. The van der Waals surface area contributed by atoms with E-state index in [1.165, 1.54) is 6.42 Å². The van der Waals surface area contributed by atoms with Crippen LogP contribution >= 0.6 is 0 Å². The number of hydrogen-bond acceptors (Lipinski definition) is 4. The molecule has 3 rings (SSSR count). The molecule has 0 spiro atoms.